The van der Waals surface area contributed by atoms with Gasteiger partial charge in [-0.2, -0.15) is 0 Å². The lowest BCUT2D eigenvalue weighted by atomic mass is 9.96. The van der Waals surface area contributed by atoms with Crippen LogP contribution in [0, 0.1) is 5.41 Å². The number of aromatic nitrogens is 2. The molecule has 1 amide bonds. The van der Waals surface area contributed by atoms with Gasteiger partial charge in [-0.05, 0) is 61.4 Å². The van der Waals surface area contributed by atoms with E-state index in [1.165, 1.54) is 11.1 Å². The number of rotatable bonds is 12. The number of para-hydroxylation sites is 2. The van der Waals surface area contributed by atoms with Crippen LogP contribution in [0.2, 0.25) is 0 Å². The average Bonchev–Trinajstić information content (AvgIpc) is 3.18. The normalized spacial score (nSPS) is 12.6. The van der Waals surface area contributed by atoms with Gasteiger partial charge in [0.25, 0.3) is 0 Å². The fourth-order valence-corrected chi connectivity index (χ4v) is 3.97. The number of hydrogen-bond acceptors (Lipinski definition) is 3. The van der Waals surface area contributed by atoms with Crippen molar-refractivity contribution in [1.29, 1.82) is 0 Å². The molecule has 0 aliphatic carbocycles. The number of carbonyl (C=O) groups is 1. The van der Waals surface area contributed by atoms with Crippen molar-refractivity contribution in [2.75, 3.05) is 13.2 Å². The zero-order valence-corrected chi connectivity index (χ0v) is 21.6. The molecule has 1 N–H and O–H groups in total. The molecule has 0 aliphatic rings. The Bertz CT molecular complexity index is 1050. The number of nitrogens with zero attached hydrogens (tertiary/aromatic N) is 2. The molecule has 184 valence electrons. The summed E-state index contributed by atoms with van der Waals surface area (Å²) >= 11 is 0. The summed E-state index contributed by atoms with van der Waals surface area (Å²) in [4.78, 5) is 17.0. The predicted molar refractivity (Wildman–Crippen MR) is 140 cm³/mol. The molecule has 5 nitrogen and oxygen atoms in total. The van der Waals surface area contributed by atoms with E-state index in [-0.39, 0.29) is 11.3 Å². The summed E-state index contributed by atoms with van der Waals surface area (Å²) in [6.45, 7) is 12.6. The van der Waals surface area contributed by atoms with E-state index in [1.54, 1.807) is 0 Å². The van der Waals surface area contributed by atoms with Crippen molar-refractivity contribution in [2.24, 2.45) is 5.41 Å². The van der Waals surface area contributed by atoms with E-state index in [1.807, 2.05) is 26.8 Å². The number of unbranched alkanes of at least 4 members (excludes halogenated alkanes) is 1. The second kappa shape index (κ2) is 12.0. The fourth-order valence-electron chi connectivity index (χ4n) is 3.97. The van der Waals surface area contributed by atoms with Gasteiger partial charge in [-0.25, -0.2) is 4.98 Å². The van der Waals surface area contributed by atoms with E-state index >= 15 is 0 Å². The van der Waals surface area contributed by atoms with Crippen LogP contribution < -0.4 is 10.1 Å². The summed E-state index contributed by atoms with van der Waals surface area (Å²) in [5, 5.41) is 3.04. The quantitative estimate of drug-likeness (QED) is 0.312. The average molecular weight is 464 g/mol. The first-order valence-electron chi connectivity index (χ1n) is 12.7. The Hall–Kier alpha value is -2.82. The number of nitrogens with one attached hydrogen (secondary N) is 1. The number of carbonyl (C=O) groups excluding carboxylic acids is 1. The van der Waals surface area contributed by atoms with Crippen molar-refractivity contribution in [3.05, 3.63) is 59.9 Å². The predicted octanol–water partition coefficient (Wildman–Crippen LogP) is 6.50. The van der Waals surface area contributed by atoms with Gasteiger partial charge in [0, 0.05) is 24.9 Å². The van der Waals surface area contributed by atoms with Crippen LogP contribution in [0.1, 0.15) is 77.6 Å². The van der Waals surface area contributed by atoms with E-state index in [2.05, 4.69) is 66.2 Å². The monoisotopic (exact) mass is 463 g/mol. The number of imidazole rings is 1. The molecular formula is C29H41N3O2. The van der Waals surface area contributed by atoms with Crippen molar-refractivity contribution in [2.45, 2.75) is 79.2 Å². The molecule has 0 spiro atoms. The lowest BCUT2D eigenvalue weighted by Gasteiger charge is -2.17. The van der Waals surface area contributed by atoms with Crippen molar-refractivity contribution >= 4 is 16.9 Å². The van der Waals surface area contributed by atoms with Crippen LogP contribution in [-0.2, 0) is 17.8 Å². The van der Waals surface area contributed by atoms with Crippen LogP contribution in [0.25, 0.3) is 11.0 Å². The highest BCUT2D eigenvalue weighted by Gasteiger charge is 2.20. The Morgan fingerprint density at radius 1 is 1.06 bits per heavy atom. The van der Waals surface area contributed by atoms with Crippen molar-refractivity contribution in [3.63, 3.8) is 0 Å². The largest absolute Gasteiger partial charge is 0.494 e. The Morgan fingerprint density at radius 2 is 1.79 bits per heavy atom. The lowest BCUT2D eigenvalue weighted by molar-refractivity contribution is -0.128. The Labute approximate surface area is 204 Å². The minimum absolute atomic E-state index is 0.0931. The molecule has 1 unspecified atom stereocenters. The Kier molecular flexibility index (Phi) is 9.14. The van der Waals surface area contributed by atoms with Gasteiger partial charge in [0.15, 0.2) is 0 Å². The van der Waals surface area contributed by atoms with Gasteiger partial charge >= 0.3 is 0 Å². The van der Waals surface area contributed by atoms with Crippen molar-refractivity contribution in [1.82, 2.24) is 14.9 Å². The molecule has 2 aromatic carbocycles. The minimum Gasteiger partial charge on any atom is -0.494 e. The van der Waals surface area contributed by atoms with Crippen molar-refractivity contribution < 1.29 is 9.53 Å². The molecule has 0 saturated carbocycles. The summed E-state index contributed by atoms with van der Waals surface area (Å²) in [7, 11) is 0. The standard InChI is InChI=1S/C29H41N3O2/c1-6-22(2)23-15-17-24(18-16-23)34-21-10-9-20-32-26-13-8-7-12-25(26)31-27(32)14-11-19-30-28(33)29(3,4)5/h7-8,12-13,15-18,22H,6,9-11,14,19-21H2,1-5H3,(H,30,33). The summed E-state index contributed by atoms with van der Waals surface area (Å²) in [5.41, 5.74) is 3.23. The zero-order chi connectivity index (χ0) is 24.6. The number of aryl methyl sites for hydroxylation is 2. The molecule has 0 fully saturated rings. The molecular weight excluding hydrogens is 422 g/mol. The Morgan fingerprint density at radius 3 is 2.50 bits per heavy atom. The third-order valence-corrected chi connectivity index (χ3v) is 6.38. The van der Waals surface area contributed by atoms with Crippen LogP contribution in [-0.4, -0.2) is 28.6 Å². The van der Waals surface area contributed by atoms with E-state index < -0.39 is 0 Å². The van der Waals surface area contributed by atoms with E-state index in [0.717, 1.165) is 55.7 Å². The molecule has 0 aliphatic heterocycles. The second-order valence-corrected chi connectivity index (χ2v) is 10.2. The summed E-state index contributed by atoms with van der Waals surface area (Å²) in [6, 6.07) is 16.8. The SMILES string of the molecule is CCC(C)c1ccc(OCCCCn2c(CCCNC(=O)C(C)(C)C)nc3ccccc32)cc1. The first-order chi connectivity index (χ1) is 16.3. The van der Waals surface area contributed by atoms with E-state index in [4.69, 9.17) is 9.72 Å². The molecule has 34 heavy (non-hydrogen) atoms. The van der Waals surface area contributed by atoms with Crippen LogP contribution >= 0.6 is 0 Å². The topological polar surface area (TPSA) is 56.1 Å². The molecule has 0 radical (unpaired) electrons. The maximum Gasteiger partial charge on any atom is 0.225 e. The van der Waals surface area contributed by atoms with Gasteiger partial charge in [0.2, 0.25) is 5.91 Å². The first-order valence-corrected chi connectivity index (χ1v) is 12.7. The van der Waals surface area contributed by atoms with Gasteiger partial charge in [-0.3, -0.25) is 4.79 Å². The number of fused-ring (bicyclic) bond motifs is 1. The van der Waals surface area contributed by atoms with E-state index in [0.29, 0.717) is 19.1 Å². The van der Waals surface area contributed by atoms with Crippen LogP contribution in [0.3, 0.4) is 0 Å². The molecule has 1 heterocycles. The maximum atomic E-state index is 12.1. The molecule has 1 atom stereocenters. The molecule has 3 rings (SSSR count). The zero-order valence-electron chi connectivity index (χ0n) is 21.6. The van der Waals surface area contributed by atoms with Crippen LogP contribution in [0.4, 0.5) is 0 Å². The van der Waals surface area contributed by atoms with E-state index in [9.17, 15) is 4.79 Å². The van der Waals surface area contributed by atoms with Gasteiger partial charge in [-0.15, -0.1) is 0 Å². The number of amides is 1. The van der Waals surface area contributed by atoms with Gasteiger partial charge in [0.1, 0.15) is 11.6 Å². The molecule has 1 aromatic heterocycles. The van der Waals surface area contributed by atoms with Crippen LogP contribution in [0.5, 0.6) is 5.75 Å². The summed E-state index contributed by atoms with van der Waals surface area (Å²) < 4.78 is 8.31. The molecule has 0 saturated heterocycles. The third kappa shape index (κ3) is 7.09. The number of ether oxygens (including phenoxy) is 1. The summed E-state index contributed by atoms with van der Waals surface area (Å²) in [6.07, 6.45) is 4.88. The highest BCUT2D eigenvalue weighted by molar-refractivity contribution is 5.81. The van der Waals surface area contributed by atoms with Gasteiger partial charge in [0.05, 0.1) is 17.6 Å². The van der Waals surface area contributed by atoms with Gasteiger partial charge in [-0.1, -0.05) is 58.9 Å². The first kappa shape index (κ1) is 25.8. The molecule has 5 heteroatoms. The third-order valence-electron chi connectivity index (χ3n) is 6.38. The minimum atomic E-state index is -0.356. The number of benzene rings is 2. The Balaban J connectivity index is 1.50. The highest BCUT2D eigenvalue weighted by Crippen LogP contribution is 2.22. The molecule has 3 aromatic rings. The second-order valence-electron chi connectivity index (χ2n) is 10.2. The molecule has 0 bridgehead atoms. The maximum absolute atomic E-state index is 12.1. The van der Waals surface area contributed by atoms with Gasteiger partial charge < -0.3 is 14.6 Å². The summed E-state index contributed by atoms with van der Waals surface area (Å²) in [5.74, 6) is 2.71. The smallest absolute Gasteiger partial charge is 0.225 e. The fraction of sp³-hybridized carbons (Fsp3) is 0.517. The lowest BCUT2D eigenvalue weighted by Crippen LogP contribution is -2.35. The van der Waals surface area contributed by atoms with Crippen LogP contribution in [0.15, 0.2) is 48.5 Å². The van der Waals surface area contributed by atoms with Crippen molar-refractivity contribution in [3.8, 4) is 5.75 Å². The number of hydrogen-bond donors (Lipinski definition) is 1. The highest BCUT2D eigenvalue weighted by atomic mass is 16.5.